The molecule has 0 spiro atoms. The van der Waals surface area contributed by atoms with E-state index in [4.69, 9.17) is 0 Å². The summed E-state index contributed by atoms with van der Waals surface area (Å²) in [5.74, 6) is 0.227. The fourth-order valence-corrected chi connectivity index (χ4v) is 3.76. The molecule has 3 atom stereocenters. The Kier molecular flexibility index (Phi) is 4.85. The number of piperidine rings is 1. The highest BCUT2D eigenvalue weighted by atomic mass is 16.4. The van der Waals surface area contributed by atoms with Crippen molar-refractivity contribution >= 4 is 5.97 Å². The molecule has 1 heterocycles. The second kappa shape index (κ2) is 6.23. The van der Waals surface area contributed by atoms with Crippen LogP contribution >= 0.6 is 0 Å². The number of nitrogens with zero attached hydrogens (tertiary/aromatic N) is 1. The van der Waals surface area contributed by atoms with Gasteiger partial charge in [0.2, 0.25) is 0 Å². The predicted molar refractivity (Wildman–Crippen MR) is 76.3 cm³/mol. The maximum atomic E-state index is 11.3. The first-order chi connectivity index (χ1) is 9.05. The van der Waals surface area contributed by atoms with Gasteiger partial charge in [-0.2, -0.15) is 0 Å². The lowest BCUT2D eigenvalue weighted by molar-refractivity contribution is -0.144. The Morgan fingerprint density at radius 2 is 2.21 bits per heavy atom. The highest BCUT2D eigenvalue weighted by Gasteiger charge is 2.37. The van der Waals surface area contributed by atoms with E-state index in [1.54, 1.807) is 6.92 Å². The first kappa shape index (κ1) is 14.8. The first-order valence-electron chi connectivity index (χ1n) is 7.77. The fraction of sp³-hybridized carbons (Fsp3) is 0.933. The number of aliphatic carboxylic acids is 1. The largest absolute Gasteiger partial charge is 0.480 e. The zero-order chi connectivity index (χ0) is 13.9. The molecule has 1 saturated carbocycles. The van der Waals surface area contributed by atoms with E-state index in [2.05, 4.69) is 10.2 Å². The van der Waals surface area contributed by atoms with E-state index in [0.29, 0.717) is 6.54 Å². The maximum absolute atomic E-state index is 11.3. The zero-order valence-corrected chi connectivity index (χ0v) is 12.3. The van der Waals surface area contributed by atoms with E-state index in [1.165, 1.54) is 25.8 Å². The van der Waals surface area contributed by atoms with Crippen LogP contribution in [0.15, 0.2) is 0 Å². The quantitative estimate of drug-likeness (QED) is 0.662. The van der Waals surface area contributed by atoms with Gasteiger partial charge in [-0.1, -0.05) is 6.92 Å². The number of carboxylic acid groups (broad SMARTS) is 1. The molecule has 110 valence electrons. The molecule has 2 aliphatic rings. The molecule has 4 nitrogen and oxygen atoms in total. The van der Waals surface area contributed by atoms with Gasteiger partial charge in [-0.05, 0) is 64.5 Å². The average molecular weight is 268 g/mol. The third kappa shape index (κ3) is 3.48. The van der Waals surface area contributed by atoms with Crippen LogP contribution in [0.5, 0.6) is 0 Å². The third-order valence-corrected chi connectivity index (χ3v) is 4.93. The van der Waals surface area contributed by atoms with Crippen LogP contribution in [0, 0.1) is 5.92 Å². The van der Waals surface area contributed by atoms with Gasteiger partial charge in [0.25, 0.3) is 0 Å². The molecule has 0 radical (unpaired) electrons. The van der Waals surface area contributed by atoms with Gasteiger partial charge < -0.3 is 15.3 Å². The van der Waals surface area contributed by atoms with Crippen molar-refractivity contribution in [2.45, 2.75) is 64.0 Å². The smallest absolute Gasteiger partial charge is 0.323 e. The SMILES string of the molecule is CCNC(C)(CCCCN1CC2CCC1C2)C(=O)O. The summed E-state index contributed by atoms with van der Waals surface area (Å²) in [6, 6.07) is 0.838. The number of hydrogen-bond donors (Lipinski definition) is 2. The predicted octanol–water partition coefficient (Wildman–Crippen LogP) is 2.09. The summed E-state index contributed by atoms with van der Waals surface area (Å²) in [6.45, 7) is 6.91. The van der Waals surface area contributed by atoms with Crippen molar-refractivity contribution in [1.29, 1.82) is 0 Å². The Balaban J connectivity index is 1.67. The number of unbranched alkanes of at least 4 members (excludes halogenated alkanes) is 1. The number of likely N-dealkylation sites (N-methyl/N-ethyl adjacent to an activating group) is 1. The number of hydrogen-bond acceptors (Lipinski definition) is 3. The fourth-order valence-electron chi connectivity index (χ4n) is 3.76. The molecule has 1 aliphatic carbocycles. The van der Waals surface area contributed by atoms with Crippen LogP contribution in [0.2, 0.25) is 0 Å². The van der Waals surface area contributed by atoms with E-state index in [9.17, 15) is 9.90 Å². The van der Waals surface area contributed by atoms with Crippen LogP contribution in [-0.2, 0) is 4.79 Å². The summed E-state index contributed by atoms with van der Waals surface area (Å²) in [4.78, 5) is 13.9. The van der Waals surface area contributed by atoms with Crippen LogP contribution in [0.4, 0.5) is 0 Å². The Bertz CT molecular complexity index is 321. The number of rotatable bonds is 8. The van der Waals surface area contributed by atoms with E-state index < -0.39 is 11.5 Å². The van der Waals surface area contributed by atoms with Gasteiger partial charge in [0, 0.05) is 12.6 Å². The molecule has 0 aromatic carbocycles. The number of carbonyl (C=O) groups is 1. The number of fused-ring (bicyclic) bond motifs is 2. The Hall–Kier alpha value is -0.610. The Labute approximate surface area is 116 Å². The summed E-state index contributed by atoms with van der Waals surface area (Å²) < 4.78 is 0. The van der Waals surface area contributed by atoms with Crippen molar-refractivity contribution in [1.82, 2.24) is 10.2 Å². The number of likely N-dealkylation sites (tertiary alicyclic amines) is 1. The number of nitrogens with one attached hydrogen (secondary N) is 1. The lowest BCUT2D eigenvalue weighted by Gasteiger charge is -2.28. The van der Waals surface area contributed by atoms with Gasteiger partial charge in [-0.25, -0.2) is 0 Å². The van der Waals surface area contributed by atoms with E-state index in [-0.39, 0.29) is 0 Å². The van der Waals surface area contributed by atoms with Crippen LogP contribution in [0.3, 0.4) is 0 Å². The Morgan fingerprint density at radius 1 is 1.42 bits per heavy atom. The normalized spacial score (nSPS) is 29.6. The minimum Gasteiger partial charge on any atom is -0.480 e. The van der Waals surface area contributed by atoms with Crippen LogP contribution in [0.1, 0.15) is 52.4 Å². The molecule has 4 heteroatoms. The molecule has 1 saturated heterocycles. The lowest BCUT2D eigenvalue weighted by Crippen LogP contribution is -2.49. The van der Waals surface area contributed by atoms with Crippen LogP contribution < -0.4 is 5.32 Å². The summed E-state index contributed by atoms with van der Waals surface area (Å²) in [5, 5.41) is 12.4. The zero-order valence-electron chi connectivity index (χ0n) is 12.3. The van der Waals surface area contributed by atoms with Crippen molar-refractivity contribution in [3.8, 4) is 0 Å². The standard InChI is InChI=1S/C15H28N2O2/c1-3-16-15(2,14(18)19)8-4-5-9-17-11-12-6-7-13(17)10-12/h12-13,16H,3-11H2,1-2H3,(H,18,19). The van der Waals surface area contributed by atoms with Crippen molar-refractivity contribution in [3.63, 3.8) is 0 Å². The molecule has 2 N–H and O–H groups in total. The molecule has 0 amide bonds. The van der Waals surface area contributed by atoms with Gasteiger partial charge in [0.05, 0.1) is 0 Å². The molecular formula is C15H28N2O2. The third-order valence-electron chi connectivity index (χ3n) is 4.93. The van der Waals surface area contributed by atoms with Crippen molar-refractivity contribution in [2.24, 2.45) is 5.92 Å². The molecule has 2 rings (SSSR count). The first-order valence-corrected chi connectivity index (χ1v) is 7.77. The highest BCUT2D eigenvalue weighted by Crippen LogP contribution is 2.37. The molecule has 1 aliphatic heterocycles. The van der Waals surface area contributed by atoms with Gasteiger partial charge in [0.15, 0.2) is 0 Å². The minimum absolute atomic E-state index is 0.707. The Morgan fingerprint density at radius 3 is 2.74 bits per heavy atom. The van der Waals surface area contributed by atoms with Crippen LogP contribution in [0.25, 0.3) is 0 Å². The number of carboxylic acids is 1. The van der Waals surface area contributed by atoms with Crippen LogP contribution in [-0.4, -0.2) is 47.2 Å². The van der Waals surface area contributed by atoms with Crippen molar-refractivity contribution in [2.75, 3.05) is 19.6 Å². The summed E-state index contributed by atoms with van der Waals surface area (Å²) in [7, 11) is 0. The molecular weight excluding hydrogens is 240 g/mol. The van der Waals surface area contributed by atoms with E-state index in [0.717, 1.165) is 37.8 Å². The highest BCUT2D eigenvalue weighted by molar-refractivity contribution is 5.78. The second-order valence-electron chi connectivity index (χ2n) is 6.45. The molecule has 0 aromatic heterocycles. The van der Waals surface area contributed by atoms with Gasteiger partial charge in [-0.3, -0.25) is 4.79 Å². The molecule has 19 heavy (non-hydrogen) atoms. The van der Waals surface area contributed by atoms with Crippen molar-refractivity contribution in [3.05, 3.63) is 0 Å². The lowest BCUT2D eigenvalue weighted by atomic mass is 9.94. The monoisotopic (exact) mass is 268 g/mol. The maximum Gasteiger partial charge on any atom is 0.323 e. The second-order valence-corrected chi connectivity index (χ2v) is 6.45. The van der Waals surface area contributed by atoms with Gasteiger partial charge >= 0.3 is 5.97 Å². The molecule has 3 unspecified atom stereocenters. The van der Waals surface area contributed by atoms with E-state index >= 15 is 0 Å². The molecule has 2 bridgehead atoms. The topological polar surface area (TPSA) is 52.6 Å². The van der Waals surface area contributed by atoms with Crippen molar-refractivity contribution < 1.29 is 9.90 Å². The average Bonchev–Trinajstić information content (AvgIpc) is 2.97. The molecule has 0 aromatic rings. The van der Waals surface area contributed by atoms with Gasteiger partial charge in [0.1, 0.15) is 5.54 Å². The summed E-state index contributed by atoms with van der Waals surface area (Å²) in [5.41, 5.74) is -0.751. The molecule has 2 fully saturated rings. The minimum atomic E-state index is -0.751. The summed E-state index contributed by atoms with van der Waals surface area (Å²) >= 11 is 0. The van der Waals surface area contributed by atoms with E-state index in [1.807, 2.05) is 6.92 Å². The van der Waals surface area contributed by atoms with Gasteiger partial charge in [-0.15, -0.1) is 0 Å². The summed E-state index contributed by atoms with van der Waals surface area (Å²) in [6.07, 6.45) is 7.05.